The Morgan fingerprint density at radius 3 is 2.26 bits per heavy atom. The Morgan fingerprint density at radius 1 is 1.06 bits per heavy atom. The summed E-state index contributed by atoms with van der Waals surface area (Å²) in [5, 5.41) is 9.12. The van der Waals surface area contributed by atoms with Crippen LogP contribution < -0.4 is 13.8 Å². The molecule has 3 rings (SSSR count). The fourth-order valence-electron chi connectivity index (χ4n) is 3.78. The van der Waals surface area contributed by atoms with E-state index in [9.17, 15) is 9.59 Å². The van der Waals surface area contributed by atoms with Crippen molar-refractivity contribution in [3.8, 4) is 5.75 Å². The molecule has 0 amide bonds. The molecule has 166 valence electrons. The van der Waals surface area contributed by atoms with Gasteiger partial charge in [0.1, 0.15) is 0 Å². The first-order valence-electron chi connectivity index (χ1n) is 10.3. The van der Waals surface area contributed by atoms with Crippen molar-refractivity contribution in [1.29, 1.82) is 0 Å². The molecule has 2 aromatic rings. The molecule has 0 fully saturated rings. The van der Waals surface area contributed by atoms with E-state index in [0.29, 0.717) is 0 Å². The number of hydrogen-bond donors (Lipinski definition) is 1. The number of carbonyl (C=O) groups is 2. The van der Waals surface area contributed by atoms with Crippen molar-refractivity contribution in [2.75, 3.05) is 13.2 Å². The van der Waals surface area contributed by atoms with Crippen LogP contribution in [0, 0.1) is 0 Å². The van der Waals surface area contributed by atoms with Crippen molar-refractivity contribution < 1.29 is 24.2 Å². The van der Waals surface area contributed by atoms with Gasteiger partial charge in [0, 0.05) is 0 Å². The molecule has 1 aromatic heterocycles. The average molecular weight is 490 g/mol. The number of hydrogen-bond acceptors (Lipinski definition) is 5. The fraction of sp³-hybridized carbons (Fsp3) is 0.458. The molecular weight excluding hydrogens is 461 g/mol. The molecule has 0 saturated heterocycles. The van der Waals surface area contributed by atoms with Crippen LogP contribution >= 0.6 is 0 Å². The van der Waals surface area contributed by atoms with Crippen LogP contribution in [0.5, 0.6) is 5.75 Å². The molecule has 0 aliphatic heterocycles. The molecule has 1 aromatic carbocycles. The summed E-state index contributed by atoms with van der Waals surface area (Å²) < 4.78 is 13.0. The number of ether oxygens (including phenoxy) is 2. The SMILES string of the molecule is CC(=O)OCCOc1cc2c(cc1[Se]c1ccc(C(=O)O)cn1)C(C)(C)CCC2(C)C. The Bertz CT molecular complexity index is 982. The van der Waals surface area contributed by atoms with Gasteiger partial charge >= 0.3 is 190 Å². The Balaban J connectivity index is 1.98. The number of rotatable bonds is 7. The Labute approximate surface area is 189 Å². The van der Waals surface area contributed by atoms with Gasteiger partial charge in [0.15, 0.2) is 0 Å². The fourth-order valence-corrected chi connectivity index (χ4v) is 5.59. The Morgan fingerprint density at radius 2 is 1.71 bits per heavy atom. The van der Waals surface area contributed by atoms with Crippen molar-refractivity contribution in [3.05, 3.63) is 47.2 Å². The van der Waals surface area contributed by atoms with Gasteiger partial charge in [-0.1, -0.05) is 0 Å². The molecule has 1 aliphatic carbocycles. The van der Waals surface area contributed by atoms with Gasteiger partial charge < -0.3 is 0 Å². The predicted octanol–water partition coefficient (Wildman–Crippen LogP) is 2.73. The molecule has 0 atom stereocenters. The van der Waals surface area contributed by atoms with Crippen LogP contribution in [0.3, 0.4) is 0 Å². The number of pyridine rings is 1. The van der Waals surface area contributed by atoms with E-state index in [2.05, 4.69) is 44.8 Å². The second-order valence-corrected chi connectivity index (χ2v) is 11.3. The van der Waals surface area contributed by atoms with Gasteiger partial charge in [-0.2, -0.15) is 0 Å². The zero-order valence-electron chi connectivity index (χ0n) is 18.7. The van der Waals surface area contributed by atoms with Crippen molar-refractivity contribution >= 4 is 35.9 Å². The molecule has 0 saturated carbocycles. The molecule has 6 nitrogen and oxygen atoms in total. The molecule has 1 aliphatic rings. The average Bonchev–Trinajstić information content (AvgIpc) is 2.69. The number of carboxylic acid groups (broad SMARTS) is 1. The first-order chi connectivity index (χ1) is 14.5. The number of esters is 1. The predicted molar refractivity (Wildman–Crippen MR) is 120 cm³/mol. The second-order valence-electron chi connectivity index (χ2n) is 9.09. The molecule has 0 bridgehead atoms. The molecule has 0 radical (unpaired) electrons. The van der Waals surface area contributed by atoms with E-state index in [4.69, 9.17) is 14.6 Å². The number of aromatic carboxylic acids is 1. The van der Waals surface area contributed by atoms with E-state index in [1.807, 2.05) is 0 Å². The molecule has 1 N–H and O–H groups in total. The van der Waals surface area contributed by atoms with Gasteiger partial charge in [-0.25, -0.2) is 0 Å². The van der Waals surface area contributed by atoms with Crippen LogP contribution in [0.1, 0.15) is 68.9 Å². The number of benzene rings is 1. The second kappa shape index (κ2) is 9.01. The monoisotopic (exact) mass is 491 g/mol. The van der Waals surface area contributed by atoms with Crippen LogP contribution in [0.2, 0.25) is 0 Å². The molecule has 1 heterocycles. The number of fused-ring (bicyclic) bond motifs is 1. The van der Waals surface area contributed by atoms with Gasteiger partial charge in [-0.05, 0) is 0 Å². The number of carbonyl (C=O) groups excluding carboxylic acids is 1. The zero-order chi connectivity index (χ0) is 22.8. The normalized spacial score (nSPS) is 16.3. The van der Waals surface area contributed by atoms with Gasteiger partial charge in [0.25, 0.3) is 0 Å². The van der Waals surface area contributed by atoms with Gasteiger partial charge in [-0.3, -0.25) is 0 Å². The van der Waals surface area contributed by atoms with E-state index in [1.54, 1.807) is 12.1 Å². The quantitative estimate of drug-likeness (QED) is 0.365. The first kappa shape index (κ1) is 23.3. The number of nitrogens with zero attached hydrogens (tertiary/aromatic N) is 1. The van der Waals surface area contributed by atoms with Crippen LogP contribution in [-0.2, 0) is 20.4 Å². The van der Waals surface area contributed by atoms with Crippen LogP contribution in [0.15, 0.2) is 30.5 Å². The molecular formula is C24H29NO5Se. The molecule has 0 unspecified atom stereocenters. The van der Waals surface area contributed by atoms with Crippen molar-refractivity contribution in [3.63, 3.8) is 0 Å². The summed E-state index contributed by atoms with van der Waals surface area (Å²) in [7, 11) is 0. The molecule has 0 spiro atoms. The summed E-state index contributed by atoms with van der Waals surface area (Å²) in [4.78, 5) is 26.5. The van der Waals surface area contributed by atoms with Crippen molar-refractivity contribution in [2.45, 2.75) is 58.3 Å². The summed E-state index contributed by atoms with van der Waals surface area (Å²) >= 11 is -0.166. The third-order valence-corrected chi connectivity index (χ3v) is 7.84. The summed E-state index contributed by atoms with van der Waals surface area (Å²) in [6, 6.07) is 7.73. The van der Waals surface area contributed by atoms with E-state index in [0.717, 1.165) is 27.6 Å². The van der Waals surface area contributed by atoms with Gasteiger partial charge in [-0.15, -0.1) is 0 Å². The van der Waals surface area contributed by atoms with Gasteiger partial charge in [0.05, 0.1) is 0 Å². The molecule has 31 heavy (non-hydrogen) atoms. The number of aromatic nitrogens is 1. The van der Waals surface area contributed by atoms with E-state index >= 15 is 0 Å². The maximum atomic E-state index is 11.1. The minimum absolute atomic E-state index is 0.0474. The van der Waals surface area contributed by atoms with E-state index in [-0.39, 0.29) is 50.5 Å². The van der Waals surface area contributed by atoms with Gasteiger partial charge in [0.2, 0.25) is 0 Å². The first-order valence-corrected chi connectivity index (χ1v) is 12.0. The minimum atomic E-state index is -0.987. The topological polar surface area (TPSA) is 85.7 Å². The number of carboxylic acids is 1. The summed E-state index contributed by atoms with van der Waals surface area (Å²) in [5.41, 5.74) is 2.90. The van der Waals surface area contributed by atoms with E-state index in [1.165, 1.54) is 24.2 Å². The van der Waals surface area contributed by atoms with Crippen LogP contribution in [0.25, 0.3) is 0 Å². The van der Waals surface area contributed by atoms with Crippen molar-refractivity contribution in [1.82, 2.24) is 4.98 Å². The standard InChI is InChI=1S/C24H29NO5Se/c1-15(26)29-10-11-30-19-12-17-18(24(4,5)9-8-23(17,2)3)13-20(19)31-21-7-6-16(14-25-21)22(27)28/h6-7,12-14H,8-11H2,1-5H3,(H,27,28). The van der Waals surface area contributed by atoms with Crippen LogP contribution in [-0.4, -0.2) is 50.2 Å². The summed E-state index contributed by atoms with van der Waals surface area (Å²) in [6.07, 6.45) is 3.60. The third kappa shape index (κ3) is 5.46. The Kier molecular flexibility index (Phi) is 6.77. The van der Waals surface area contributed by atoms with E-state index < -0.39 is 5.97 Å². The third-order valence-electron chi connectivity index (χ3n) is 5.76. The zero-order valence-corrected chi connectivity index (χ0v) is 20.4. The van der Waals surface area contributed by atoms with Crippen molar-refractivity contribution in [2.24, 2.45) is 0 Å². The molecule has 7 heteroatoms. The Hall–Kier alpha value is -2.37. The summed E-state index contributed by atoms with van der Waals surface area (Å²) in [6.45, 7) is 10.9. The maximum absolute atomic E-state index is 11.1. The van der Waals surface area contributed by atoms with Crippen LogP contribution in [0.4, 0.5) is 0 Å². The summed E-state index contributed by atoms with van der Waals surface area (Å²) in [5.74, 6) is -0.538.